The average Bonchev–Trinajstić information content (AvgIpc) is 2.28. The largest absolute Gasteiger partial charge is 0.344 e. The molecule has 1 aliphatic heterocycles. The number of hydrogen-bond donors (Lipinski definition) is 1. The fraction of sp³-hybridized carbons (Fsp3) is 0.857. The van der Waals surface area contributed by atoms with E-state index in [0.717, 1.165) is 0 Å². The molecule has 1 N–H and O–H groups in total. The van der Waals surface area contributed by atoms with Crippen LogP contribution in [0.4, 0.5) is 8.78 Å². The van der Waals surface area contributed by atoms with Crippen LogP contribution in [0.5, 0.6) is 0 Å². The second-order valence-corrected chi connectivity index (χ2v) is 2.97. The van der Waals surface area contributed by atoms with Crippen LogP contribution in [0.3, 0.4) is 0 Å². The molecule has 0 aromatic rings. The van der Waals surface area contributed by atoms with E-state index in [1.165, 1.54) is 0 Å². The third kappa shape index (κ3) is 2.41. The van der Waals surface area contributed by atoms with Gasteiger partial charge >= 0.3 is 0 Å². The minimum atomic E-state index is -2.34. The monoisotopic (exact) mass is 178 g/mol. The lowest BCUT2D eigenvalue weighted by atomic mass is 10.2. The van der Waals surface area contributed by atoms with Gasteiger partial charge in [0.05, 0.1) is 6.54 Å². The topological polar surface area (TPSA) is 32.3 Å². The number of halogens is 2. The maximum atomic E-state index is 11.7. The number of nitrogens with one attached hydrogen (secondary N) is 1. The Kier molecular flexibility index (Phi) is 2.97. The van der Waals surface area contributed by atoms with Gasteiger partial charge in [0.15, 0.2) is 0 Å². The number of alkyl halides is 2. The minimum absolute atomic E-state index is 0.0155. The quantitative estimate of drug-likeness (QED) is 0.663. The van der Waals surface area contributed by atoms with Gasteiger partial charge in [-0.25, -0.2) is 8.78 Å². The minimum Gasteiger partial charge on any atom is -0.344 e. The van der Waals surface area contributed by atoms with Crippen LogP contribution >= 0.6 is 0 Å². The van der Waals surface area contributed by atoms with Crippen molar-refractivity contribution < 1.29 is 13.6 Å². The van der Waals surface area contributed by atoms with E-state index in [0.29, 0.717) is 13.0 Å². The molecule has 3 nitrogen and oxygen atoms in total. The van der Waals surface area contributed by atoms with Crippen molar-refractivity contribution in [2.24, 2.45) is 0 Å². The Balaban J connectivity index is 2.23. The van der Waals surface area contributed by atoms with Gasteiger partial charge in [-0.1, -0.05) is 0 Å². The summed E-state index contributed by atoms with van der Waals surface area (Å²) < 4.78 is 23.4. The highest BCUT2D eigenvalue weighted by atomic mass is 19.3. The van der Waals surface area contributed by atoms with E-state index in [-0.39, 0.29) is 18.5 Å². The summed E-state index contributed by atoms with van der Waals surface area (Å²) in [5.74, 6) is 0.0155. The molecule has 5 heteroatoms. The Labute approximate surface area is 69.7 Å². The zero-order valence-corrected chi connectivity index (χ0v) is 6.89. The van der Waals surface area contributed by atoms with Gasteiger partial charge in [0, 0.05) is 26.1 Å². The summed E-state index contributed by atoms with van der Waals surface area (Å²) in [4.78, 5) is 12.5. The van der Waals surface area contributed by atoms with Crippen LogP contribution in [-0.4, -0.2) is 43.4 Å². The van der Waals surface area contributed by atoms with E-state index in [1.54, 1.807) is 11.9 Å². The van der Waals surface area contributed by atoms with Crippen LogP contribution in [0.1, 0.15) is 6.42 Å². The van der Waals surface area contributed by atoms with E-state index < -0.39 is 6.43 Å². The molecule has 70 valence electrons. The molecule has 0 aromatic heterocycles. The molecule has 0 bridgehead atoms. The molecular formula is C7H12F2N2O. The van der Waals surface area contributed by atoms with Crippen molar-refractivity contribution in [3.8, 4) is 0 Å². The Morgan fingerprint density at radius 3 is 2.83 bits per heavy atom. The van der Waals surface area contributed by atoms with E-state index in [9.17, 15) is 13.6 Å². The maximum Gasteiger partial charge on any atom is 0.250 e. The first kappa shape index (κ1) is 9.38. The van der Waals surface area contributed by atoms with Crippen molar-refractivity contribution in [3.63, 3.8) is 0 Å². The average molecular weight is 178 g/mol. The van der Waals surface area contributed by atoms with Crippen LogP contribution in [-0.2, 0) is 4.79 Å². The molecule has 1 heterocycles. The number of carbonyl (C=O) groups is 1. The molecule has 1 aliphatic rings. The predicted molar refractivity (Wildman–Crippen MR) is 40.0 cm³/mol. The zero-order valence-electron chi connectivity index (χ0n) is 6.89. The molecule has 0 aliphatic carbocycles. The number of likely N-dealkylation sites (tertiary alicyclic amines) is 1. The van der Waals surface area contributed by atoms with E-state index in [4.69, 9.17) is 0 Å². The molecule has 1 atom stereocenters. The fourth-order valence-electron chi connectivity index (χ4n) is 1.26. The van der Waals surface area contributed by atoms with Gasteiger partial charge in [0.25, 0.3) is 6.43 Å². The highest BCUT2D eigenvalue weighted by Crippen LogP contribution is 2.08. The smallest absolute Gasteiger partial charge is 0.250 e. The van der Waals surface area contributed by atoms with Crippen LogP contribution in [0, 0.1) is 0 Å². The highest BCUT2D eigenvalue weighted by molar-refractivity contribution is 5.78. The van der Waals surface area contributed by atoms with Crippen molar-refractivity contribution in [2.45, 2.75) is 18.9 Å². The standard InChI is InChI=1S/C7H12F2N2O/c1-11-4-5(2-7(11)12)10-3-6(8)9/h5-6,10H,2-4H2,1H3. The van der Waals surface area contributed by atoms with Crippen molar-refractivity contribution >= 4 is 5.91 Å². The van der Waals surface area contributed by atoms with Crippen molar-refractivity contribution in [1.29, 1.82) is 0 Å². The molecule has 0 spiro atoms. The lowest BCUT2D eigenvalue weighted by Crippen LogP contribution is -2.34. The molecule has 0 aromatic carbocycles. The van der Waals surface area contributed by atoms with Crippen LogP contribution < -0.4 is 5.32 Å². The third-order valence-corrected chi connectivity index (χ3v) is 1.90. The van der Waals surface area contributed by atoms with Gasteiger partial charge in [-0.15, -0.1) is 0 Å². The van der Waals surface area contributed by atoms with Gasteiger partial charge in [-0.05, 0) is 0 Å². The molecule has 1 unspecified atom stereocenters. The van der Waals surface area contributed by atoms with Crippen LogP contribution in [0.25, 0.3) is 0 Å². The summed E-state index contributed by atoms with van der Waals surface area (Å²) in [5, 5.41) is 2.63. The van der Waals surface area contributed by atoms with Gasteiger partial charge < -0.3 is 10.2 Å². The Hall–Kier alpha value is -0.710. The Bertz CT molecular complexity index is 175. The SMILES string of the molecule is CN1CC(NCC(F)F)CC1=O. The molecule has 12 heavy (non-hydrogen) atoms. The molecule has 1 amide bonds. The first-order chi connectivity index (χ1) is 5.59. The van der Waals surface area contributed by atoms with Gasteiger partial charge in [-0.3, -0.25) is 4.79 Å². The van der Waals surface area contributed by atoms with Crippen LogP contribution in [0.2, 0.25) is 0 Å². The zero-order chi connectivity index (χ0) is 9.14. The maximum absolute atomic E-state index is 11.7. The predicted octanol–water partition coefficient (Wildman–Crippen LogP) is 0.0718. The molecular weight excluding hydrogens is 166 g/mol. The van der Waals surface area contributed by atoms with Gasteiger partial charge in [-0.2, -0.15) is 0 Å². The molecule has 0 radical (unpaired) electrons. The summed E-state index contributed by atoms with van der Waals surface area (Å²) >= 11 is 0. The molecule has 1 fully saturated rings. The number of hydrogen-bond acceptors (Lipinski definition) is 2. The number of nitrogens with zero attached hydrogens (tertiary/aromatic N) is 1. The lowest BCUT2D eigenvalue weighted by molar-refractivity contribution is -0.126. The normalized spacial score (nSPS) is 24.2. The van der Waals surface area contributed by atoms with Crippen LogP contribution in [0.15, 0.2) is 0 Å². The van der Waals surface area contributed by atoms with E-state index in [2.05, 4.69) is 5.32 Å². The summed E-state index contributed by atoms with van der Waals surface area (Å²) in [7, 11) is 1.67. The second kappa shape index (κ2) is 3.80. The Morgan fingerprint density at radius 1 is 1.75 bits per heavy atom. The Morgan fingerprint density at radius 2 is 2.42 bits per heavy atom. The first-order valence-corrected chi connectivity index (χ1v) is 3.85. The van der Waals surface area contributed by atoms with Gasteiger partial charge in [0.2, 0.25) is 5.91 Å². The lowest BCUT2D eigenvalue weighted by Gasteiger charge is -2.11. The van der Waals surface area contributed by atoms with Crippen molar-refractivity contribution in [2.75, 3.05) is 20.1 Å². The number of carbonyl (C=O) groups excluding carboxylic acids is 1. The molecule has 0 saturated carbocycles. The third-order valence-electron chi connectivity index (χ3n) is 1.90. The first-order valence-electron chi connectivity index (χ1n) is 3.85. The number of amides is 1. The summed E-state index contributed by atoms with van der Waals surface area (Å²) in [6, 6.07) is -0.100. The summed E-state index contributed by atoms with van der Waals surface area (Å²) in [5.41, 5.74) is 0. The molecule has 1 saturated heterocycles. The van der Waals surface area contributed by atoms with E-state index >= 15 is 0 Å². The highest BCUT2D eigenvalue weighted by Gasteiger charge is 2.26. The second-order valence-electron chi connectivity index (χ2n) is 2.97. The fourth-order valence-corrected chi connectivity index (χ4v) is 1.26. The summed E-state index contributed by atoms with van der Waals surface area (Å²) in [6.07, 6.45) is -2.01. The molecule has 1 rings (SSSR count). The van der Waals surface area contributed by atoms with Gasteiger partial charge in [0.1, 0.15) is 0 Å². The number of likely N-dealkylation sites (N-methyl/N-ethyl adjacent to an activating group) is 1. The number of rotatable bonds is 3. The van der Waals surface area contributed by atoms with Crippen molar-refractivity contribution in [3.05, 3.63) is 0 Å². The summed E-state index contributed by atoms with van der Waals surface area (Å²) in [6.45, 7) is 0.206. The van der Waals surface area contributed by atoms with E-state index in [1.807, 2.05) is 0 Å². The van der Waals surface area contributed by atoms with Crippen molar-refractivity contribution in [1.82, 2.24) is 10.2 Å².